The maximum absolute atomic E-state index is 9.14. The summed E-state index contributed by atoms with van der Waals surface area (Å²) in [6, 6.07) is 0.440. The van der Waals surface area contributed by atoms with Crippen LogP contribution in [0.5, 0.6) is 0 Å². The van der Waals surface area contributed by atoms with Gasteiger partial charge in [0.1, 0.15) is 0 Å². The number of anilines is 1. The highest BCUT2D eigenvalue weighted by Gasteiger charge is 2.27. The predicted octanol–water partition coefficient (Wildman–Crippen LogP) is 3.05. The third kappa shape index (κ3) is 3.06. The summed E-state index contributed by atoms with van der Waals surface area (Å²) in [5, 5.41) is 18.2. The normalized spacial score (nSPS) is 23.0. The molecule has 2 aromatic heterocycles. The molecule has 2 aromatic rings. The van der Waals surface area contributed by atoms with Gasteiger partial charge in [0.2, 0.25) is 10.1 Å². The Labute approximate surface area is 129 Å². The summed E-state index contributed by atoms with van der Waals surface area (Å²) < 4.78 is 1.88. The van der Waals surface area contributed by atoms with E-state index in [9.17, 15) is 0 Å². The lowest BCUT2D eigenvalue weighted by molar-refractivity contribution is 0.254. The molecular weight excluding hydrogens is 284 g/mol. The average molecular weight is 308 g/mol. The number of aliphatic hydroxyl groups is 1. The van der Waals surface area contributed by atoms with E-state index >= 15 is 0 Å². The fourth-order valence-corrected chi connectivity index (χ4v) is 3.86. The first-order chi connectivity index (χ1) is 9.97. The Hall–Kier alpha value is -1.14. The highest BCUT2D eigenvalue weighted by atomic mass is 32.1. The first-order valence-corrected chi connectivity index (χ1v) is 8.53. The number of hydrogen-bond acceptors (Lipinski definition) is 5. The number of aromatic nitrogens is 3. The fraction of sp³-hybridized carbons (Fsp3) is 0.733. The minimum atomic E-state index is 0.0543. The van der Waals surface area contributed by atoms with E-state index < -0.39 is 0 Å². The molecule has 0 aromatic carbocycles. The zero-order valence-corrected chi connectivity index (χ0v) is 13.8. The van der Waals surface area contributed by atoms with Crippen molar-refractivity contribution in [2.75, 3.05) is 11.9 Å². The molecule has 0 saturated heterocycles. The number of hydrogen-bond donors (Lipinski definition) is 2. The molecule has 0 aliphatic heterocycles. The maximum Gasteiger partial charge on any atom is 0.214 e. The zero-order valence-electron chi connectivity index (χ0n) is 13.0. The van der Waals surface area contributed by atoms with E-state index in [1.165, 1.54) is 19.3 Å². The van der Waals surface area contributed by atoms with Gasteiger partial charge in [0.15, 0.2) is 0 Å². The van der Waals surface area contributed by atoms with E-state index in [1.807, 2.05) is 10.7 Å². The molecule has 0 bridgehead atoms. The Balaban J connectivity index is 1.74. The number of nitrogens with zero attached hydrogens (tertiary/aromatic N) is 3. The quantitative estimate of drug-likeness (QED) is 0.911. The summed E-state index contributed by atoms with van der Waals surface area (Å²) in [4.78, 5) is 5.62. The monoisotopic (exact) mass is 308 g/mol. The summed E-state index contributed by atoms with van der Waals surface area (Å²) in [6.45, 7) is 6.77. The second-order valence-corrected chi connectivity index (χ2v) is 7.92. The van der Waals surface area contributed by atoms with Crippen LogP contribution in [-0.2, 0) is 5.41 Å². The van der Waals surface area contributed by atoms with Crippen molar-refractivity contribution in [1.29, 1.82) is 0 Å². The van der Waals surface area contributed by atoms with Gasteiger partial charge in [-0.05, 0) is 25.2 Å². The Morgan fingerprint density at radius 1 is 1.43 bits per heavy atom. The molecule has 0 radical (unpaired) electrons. The molecule has 3 rings (SSSR count). The van der Waals surface area contributed by atoms with Crippen LogP contribution in [0.4, 0.5) is 5.13 Å². The van der Waals surface area contributed by atoms with Crippen LogP contribution in [0.2, 0.25) is 0 Å². The molecule has 2 atom stereocenters. The molecular formula is C15H24N4OS. The van der Waals surface area contributed by atoms with E-state index in [2.05, 4.69) is 36.2 Å². The molecule has 2 N–H and O–H groups in total. The van der Waals surface area contributed by atoms with Crippen molar-refractivity contribution in [1.82, 2.24) is 14.6 Å². The lowest BCUT2D eigenvalue weighted by Crippen LogP contribution is -2.24. The highest BCUT2D eigenvalue weighted by Crippen LogP contribution is 2.32. The molecule has 21 heavy (non-hydrogen) atoms. The van der Waals surface area contributed by atoms with Gasteiger partial charge < -0.3 is 10.4 Å². The largest absolute Gasteiger partial charge is 0.396 e. The van der Waals surface area contributed by atoms with Crippen molar-refractivity contribution in [2.45, 2.75) is 57.9 Å². The third-order valence-electron chi connectivity index (χ3n) is 4.28. The molecule has 1 saturated carbocycles. The Bertz CT molecular complexity index is 581. The molecule has 2 heterocycles. The molecule has 1 aliphatic rings. The van der Waals surface area contributed by atoms with Crippen molar-refractivity contribution >= 4 is 21.4 Å². The van der Waals surface area contributed by atoms with Crippen LogP contribution in [0.1, 0.15) is 52.1 Å². The molecule has 0 amide bonds. The Morgan fingerprint density at radius 2 is 2.24 bits per heavy atom. The van der Waals surface area contributed by atoms with Crippen LogP contribution in [0.25, 0.3) is 4.96 Å². The van der Waals surface area contributed by atoms with Gasteiger partial charge in [-0.2, -0.15) is 0 Å². The average Bonchev–Trinajstić information content (AvgIpc) is 3.04. The topological polar surface area (TPSA) is 62.5 Å². The van der Waals surface area contributed by atoms with Crippen LogP contribution in [-0.4, -0.2) is 32.4 Å². The van der Waals surface area contributed by atoms with Gasteiger partial charge in [-0.25, -0.2) is 9.50 Å². The van der Waals surface area contributed by atoms with E-state index in [0.29, 0.717) is 12.0 Å². The van der Waals surface area contributed by atoms with Gasteiger partial charge in [0.25, 0.3) is 0 Å². The smallest absolute Gasteiger partial charge is 0.214 e. The summed E-state index contributed by atoms with van der Waals surface area (Å²) in [7, 11) is 0. The number of fused-ring (bicyclic) bond motifs is 1. The highest BCUT2D eigenvalue weighted by molar-refractivity contribution is 7.20. The molecule has 1 fully saturated rings. The standard InChI is InChI=1S/C15H24N4OS/c1-15(2,3)12-9-19-14(17-12)21-13(18-19)16-11-6-4-5-10(11)7-8-20/h9-11,20H,4-8H2,1-3H3,(H,16,18). The fourth-order valence-electron chi connectivity index (χ4n) is 3.02. The number of aliphatic hydroxyl groups excluding tert-OH is 1. The minimum Gasteiger partial charge on any atom is -0.396 e. The third-order valence-corrected chi connectivity index (χ3v) is 5.13. The van der Waals surface area contributed by atoms with E-state index in [4.69, 9.17) is 5.11 Å². The van der Waals surface area contributed by atoms with Crippen molar-refractivity contribution in [3.05, 3.63) is 11.9 Å². The second kappa shape index (κ2) is 5.57. The Morgan fingerprint density at radius 3 is 2.90 bits per heavy atom. The van der Waals surface area contributed by atoms with Crippen molar-refractivity contribution in [3.8, 4) is 0 Å². The van der Waals surface area contributed by atoms with E-state index in [-0.39, 0.29) is 12.0 Å². The maximum atomic E-state index is 9.14. The molecule has 6 heteroatoms. The van der Waals surface area contributed by atoms with Crippen LogP contribution >= 0.6 is 11.3 Å². The second-order valence-electron chi connectivity index (χ2n) is 6.96. The molecule has 2 unspecified atom stereocenters. The van der Waals surface area contributed by atoms with Gasteiger partial charge >= 0.3 is 0 Å². The lowest BCUT2D eigenvalue weighted by atomic mass is 9.93. The van der Waals surface area contributed by atoms with Crippen molar-refractivity contribution in [2.24, 2.45) is 5.92 Å². The van der Waals surface area contributed by atoms with Gasteiger partial charge in [0.05, 0.1) is 11.9 Å². The van der Waals surface area contributed by atoms with Gasteiger partial charge in [-0.1, -0.05) is 38.5 Å². The van der Waals surface area contributed by atoms with Gasteiger partial charge in [0, 0.05) is 18.1 Å². The Kier molecular flexibility index (Phi) is 3.92. The number of imidazole rings is 1. The minimum absolute atomic E-state index is 0.0543. The molecule has 116 valence electrons. The molecule has 5 nitrogen and oxygen atoms in total. The van der Waals surface area contributed by atoms with Gasteiger partial charge in [-0.15, -0.1) is 5.10 Å². The van der Waals surface area contributed by atoms with E-state index in [0.717, 1.165) is 22.2 Å². The first kappa shape index (κ1) is 14.8. The van der Waals surface area contributed by atoms with Crippen LogP contribution in [0.3, 0.4) is 0 Å². The molecule has 1 aliphatic carbocycles. The molecule has 0 spiro atoms. The van der Waals surface area contributed by atoms with Crippen LogP contribution in [0, 0.1) is 5.92 Å². The predicted molar refractivity (Wildman–Crippen MR) is 86.0 cm³/mol. The van der Waals surface area contributed by atoms with Gasteiger partial charge in [-0.3, -0.25) is 0 Å². The van der Waals surface area contributed by atoms with Crippen LogP contribution < -0.4 is 5.32 Å². The zero-order chi connectivity index (χ0) is 15.0. The lowest BCUT2D eigenvalue weighted by Gasteiger charge is -2.19. The summed E-state index contributed by atoms with van der Waals surface area (Å²) in [5.74, 6) is 0.566. The van der Waals surface area contributed by atoms with Crippen molar-refractivity contribution in [3.63, 3.8) is 0 Å². The van der Waals surface area contributed by atoms with E-state index in [1.54, 1.807) is 11.3 Å². The first-order valence-electron chi connectivity index (χ1n) is 7.71. The summed E-state index contributed by atoms with van der Waals surface area (Å²) in [6.07, 6.45) is 6.51. The van der Waals surface area contributed by atoms with Crippen LogP contribution in [0.15, 0.2) is 6.20 Å². The SMILES string of the molecule is CC(C)(C)c1cn2nc(NC3CCCC3CCO)sc2n1. The summed E-state index contributed by atoms with van der Waals surface area (Å²) >= 11 is 1.61. The number of rotatable bonds is 4. The summed E-state index contributed by atoms with van der Waals surface area (Å²) in [5.41, 5.74) is 1.13. The van der Waals surface area contributed by atoms with Crippen molar-refractivity contribution < 1.29 is 5.11 Å². The number of nitrogens with one attached hydrogen (secondary N) is 1.